The third-order valence-electron chi connectivity index (χ3n) is 4.58. The van der Waals surface area contributed by atoms with Gasteiger partial charge in [-0.05, 0) is 66.7 Å². The molecule has 0 bridgehead atoms. The first kappa shape index (κ1) is 21.6. The highest BCUT2D eigenvalue weighted by molar-refractivity contribution is 5.89. The van der Waals surface area contributed by atoms with Gasteiger partial charge in [0.15, 0.2) is 0 Å². The summed E-state index contributed by atoms with van der Waals surface area (Å²) in [6.07, 6.45) is 0. The van der Waals surface area contributed by atoms with Gasteiger partial charge in [0, 0.05) is 29.6 Å². The number of hydrogen-bond acceptors (Lipinski definition) is 7. The number of esters is 1. The summed E-state index contributed by atoms with van der Waals surface area (Å²) in [4.78, 5) is 11.8. The number of hydrogen-bond donors (Lipinski definition) is 2. The molecule has 0 atom stereocenters. The van der Waals surface area contributed by atoms with E-state index in [9.17, 15) is 4.79 Å². The Morgan fingerprint density at radius 3 is 1.48 bits per heavy atom. The van der Waals surface area contributed by atoms with E-state index >= 15 is 0 Å². The Morgan fingerprint density at radius 1 is 0.576 bits per heavy atom. The van der Waals surface area contributed by atoms with Gasteiger partial charge in [0.1, 0.15) is 34.5 Å². The minimum absolute atomic E-state index is 0.377. The fourth-order valence-corrected chi connectivity index (χ4v) is 3.01. The minimum Gasteiger partial charge on any atom is -0.465 e. The van der Waals surface area contributed by atoms with Crippen LogP contribution in [0, 0.1) is 0 Å². The average molecular weight is 442 g/mol. The molecule has 0 saturated heterocycles. The van der Waals surface area contributed by atoms with Gasteiger partial charge < -0.3 is 30.4 Å². The van der Waals surface area contributed by atoms with Crippen LogP contribution in [0.1, 0.15) is 10.4 Å². The van der Waals surface area contributed by atoms with Gasteiger partial charge in [-0.25, -0.2) is 4.79 Å². The van der Waals surface area contributed by atoms with E-state index in [1.165, 1.54) is 7.11 Å². The van der Waals surface area contributed by atoms with Crippen LogP contribution in [-0.4, -0.2) is 13.1 Å². The molecule has 7 heteroatoms. The van der Waals surface area contributed by atoms with E-state index in [1.807, 2.05) is 0 Å². The zero-order valence-electron chi connectivity index (χ0n) is 17.9. The second-order valence-electron chi connectivity index (χ2n) is 7.10. The highest BCUT2D eigenvalue weighted by atomic mass is 16.5. The number of anilines is 2. The van der Waals surface area contributed by atoms with Gasteiger partial charge in [0.2, 0.25) is 0 Å². The van der Waals surface area contributed by atoms with E-state index in [4.69, 9.17) is 30.4 Å². The zero-order valence-corrected chi connectivity index (χ0v) is 17.9. The molecule has 0 aliphatic heterocycles. The maximum atomic E-state index is 11.8. The Morgan fingerprint density at radius 2 is 1.03 bits per heavy atom. The normalized spacial score (nSPS) is 10.3. The first-order chi connectivity index (χ1) is 16.0. The van der Waals surface area contributed by atoms with Crippen molar-refractivity contribution in [2.24, 2.45) is 0 Å². The Kier molecular flexibility index (Phi) is 6.31. The Hall–Kier alpha value is -4.65. The molecule has 0 aliphatic rings. The van der Waals surface area contributed by atoms with Crippen LogP contribution in [0.3, 0.4) is 0 Å². The largest absolute Gasteiger partial charge is 0.465 e. The van der Waals surface area contributed by atoms with E-state index in [0.29, 0.717) is 51.4 Å². The third kappa shape index (κ3) is 5.74. The van der Waals surface area contributed by atoms with Gasteiger partial charge in [-0.2, -0.15) is 0 Å². The molecule has 0 aliphatic carbocycles. The summed E-state index contributed by atoms with van der Waals surface area (Å²) in [6.45, 7) is 0. The number of carbonyl (C=O) groups excluding carboxylic acids is 1. The lowest BCUT2D eigenvalue weighted by Gasteiger charge is -2.13. The first-order valence-electron chi connectivity index (χ1n) is 10.1. The molecule has 0 spiro atoms. The first-order valence-corrected chi connectivity index (χ1v) is 10.1. The summed E-state index contributed by atoms with van der Waals surface area (Å²) < 4.78 is 22.7. The molecule has 33 heavy (non-hydrogen) atoms. The zero-order chi connectivity index (χ0) is 23.2. The number of rotatable bonds is 7. The summed E-state index contributed by atoms with van der Waals surface area (Å²) in [7, 11) is 1.33. The van der Waals surface area contributed by atoms with E-state index in [-0.39, 0.29) is 0 Å². The molecule has 4 aromatic carbocycles. The van der Waals surface area contributed by atoms with Crippen LogP contribution >= 0.6 is 0 Å². The number of benzene rings is 4. The molecule has 7 nitrogen and oxygen atoms in total. The quantitative estimate of drug-likeness (QED) is 0.266. The van der Waals surface area contributed by atoms with Crippen LogP contribution < -0.4 is 25.7 Å². The average Bonchev–Trinajstić information content (AvgIpc) is 2.81. The molecule has 0 unspecified atom stereocenters. The fraction of sp³-hybridized carbons (Fsp3) is 0.0385. The van der Waals surface area contributed by atoms with Crippen LogP contribution in [-0.2, 0) is 4.74 Å². The van der Waals surface area contributed by atoms with E-state index in [1.54, 1.807) is 91.0 Å². The maximum absolute atomic E-state index is 11.8. The van der Waals surface area contributed by atoms with Crippen molar-refractivity contribution < 1.29 is 23.7 Å². The summed E-state index contributed by atoms with van der Waals surface area (Å²) in [5.74, 6) is 2.66. The molecule has 4 rings (SSSR count). The van der Waals surface area contributed by atoms with Gasteiger partial charge in [0.25, 0.3) is 0 Å². The molecule has 0 saturated carbocycles. The summed E-state index contributed by atoms with van der Waals surface area (Å²) >= 11 is 0. The van der Waals surface area contributed by atoms with Crippen LogP contribution in [0.25, 0.3) is 0 Å². The molecular formula is C26H22N2O5. The molecule has 0 fully saturated rings. The van der Waals surface area contributed by atoms with Gasteiger partial charge in [-0.3, -0.25) is 0 Å². The van der Waals surface area contributed by atoms with Crippen LogP contribution in [0.5, 0.6) is 34.5 Å². The van der Waals surface area contributed by atoms with E-state index < -0.39 is 5.97 Å². The highest BCUT2D eigenvalue weighted by Gasteiger charge is 2.10. The summed E-state index contributed by atoms with van der Waals surface area (Å²) in [6, 6.07) is 25.9. The minimum atomic E-state index is -0.451. The van der Waals surface area contributed by atoms with E-state index in [2.05, 4.69) is 0 Å². The lowest BCUT2D eigenvalue weighted by atomic mass is 10.2. The highest BCUT2D eigenvalue weighted by Crippen LogP contribution is 2.35. The van der Waals surface area contributed by atoms with Crippen molar-refractivity contribution in [3.8, 4) is 34.5 Å². The lowest BCUT2D eigenvalue weighted by molar-refractivity contribution is 0.0600. The van der Waals surface area contributed by atoms with Crippen molar-refractivity contribution in [1.82, 2.24) is 0 Å². The van der Waals surface area contributed by atoms with Crippen LogP contribution in [0.15, 0.2) is 91.0 Å². The number of methoxy groups -OCH3 is 1. The van der Waals surface area contributed by atoms with Crippen LogP contribution in [0.2, 0.25) is 0 Å². The number of carbonyl (C=O) groups is 1. The Labute approximate surface area is 191 Å². The SMILES string of the molecule is COC(=O)c1cccc(Oc2cc(Oc3ccc(N)cc3)cc(Oc3ccc(N)cc3)c2)c1. The third-order valence-corrected chi connectivity index (χ3v) is 4.58. The number of nitrogen functional groups attached to an aromatic ring is 2. The van der Waals surface area contributed by atoms with Crippen molar-refractivity contribution in [3.63, 3.8) is 0 Å². The van der Waals surface area contributed by atoms with Gasteiger partial charge in [0.05, 0.1) is 12.7 Å². The maximum Gasteiger partial charge on any atom is 0.337 e. The molecule has 0 aromatic heterocycles. The standard InChI is InChI=1S/C26H22N2O5/c1-30-26(29)17-3-2-4-22(13-17)33-25-15-23(31-20-9-5-18(27)6-10-20)14-24(16-25)32-21-11-7-19(28)8-12-21/h2-16H,27-28H2,1H3. The Balaban J connectivity index is 1.65. The second-order valence-corrected chi connectivity index (χ2v) is 7.10. The number of ether oxygens (including phenoxy) is 4. The predicted octanol–water partition coefficient (Wildman–Crippen LogP) is 6.01. The van der Waals surface area contributed by atoms with Gasteiger partial charge >= 0.3 is 5.97 Å². The predicted molar refractivity (Wildman–Crippen MR) is 126 cm³/mol. The Bertz CT molecular complexity index is 1190. The van der Waals surface area contributed by atoms with Crippen molar-refractivity contribution >= 4 is 17.3 Å². The van der Waals surface area contributed by atoms with Gasteiger partial charge in [-0.15, -0.1) is 0 Å². The fourth-order valence-electron chi connectivity index (χ4n) is 3.01. The molecule has 166 valence electrons. The van der Waals surface area contributed by atoms with Crippen molar-refractivity contribution in [2.75, 3.05) is 18.6 Å². The van der Waals surface area contributed by atoms with Crippen LogP contribution in [0.4, 0.5) is 11.4 Å². The summed E-state index contributed by atoms with van der Waals surface area (Å²) in [5, 5.41) is 0. The second kappa shape index (κ2) is 9.65. The molecule has 0 radical (unpaired) electrons. The van der Waals surface area contributed by atoms with Crippen molar-refractivity contribution in [2.45, 2.75) is 0 Å². The van der Waals surface area contributed by atoms with Crippen molar-refractivity contribution in [3.05, 3.63) is 96.6 Å². The monoisotopic (exact) mass is 442 g/mol. The molecule has 4 N–H and O–H groups in total. The molecule has 0 heterocycles. The molecular weight excluding hydrogens is 420 g/mol. The van der Waals surface area contributed by atoms with E-state index in [0.717, 1.165) is 0 Å². The lowest BCUT2D eigenvalue weighted by Crippen LogP contribution is -2.00. The smallest absolute Gasteiger partial charge is 0.337 e. The summed E-state index contributed by atoms with van der Waals surface area (Å²) in [5.41, 5.74) is 13.2. The number of nitrogens with two attached hydrogens (primary N) is 2. The molecule has 0 amide bonds. The topological polar surface area (TPSA) is 106 Å². The van der Waals surface area contributed by atoms with Gasteiger partial charge in [-0.1, -0.05) is 6.07 Å². The van der Waals surface area contributed by atoms with Crippen molar-refractivity contribution in [1.29, 1.82) is 0 Å². The molecule has 4 aromatic rings.